The summed E-state index contributed by atoms with van der Waals surface area (Å²) in [5, 5.41) is 5.28. The summed E-state index contributed by atoms with van der Waals surface area (Å²) in [6, 6.07) is 3.92. The van der Waals surface area contributed by atoms with E-state index < -0.39 is 18.0 Å². The van der Waals surface area contributed by atoms with Gasteiger partial charge in [-0.2, -0.15) is 0 Å². The van der Waals surface area contributed by atoms with Crippen molar-refractivity contribution in [3.63, 3.8) is 0 Å². The Bertz CT molecular complexity index is 559. The third kappa shape index (κ3) is 4.03. The van der Waals surface area contributed by atoms with Crippen LogP contribution in [0.4, 0.5) is 10.5 Å². The van der Waals surface area contributed by atoms with Gasteiger partial charge in [-0.3, -0.25) is 0 Å². The van der Waals surface area contributed by atoms with Crippen molar-refractivity contribution in [1.82, 2.24) is 5.32 Å². The van der Waals surface area contributed by atoms with Gasteiger partial charge >= 0.3 is 12.0 Å². The van der Waals surface area contributed by atoms with Crippen molar-refractivity contribution in [1.29, 1.82) is 0 Å². The maximum atomic E-state index is 12.0. The van der Waals surface area contributed by atoms with E-state index in [2.05, 4.69) is 10.6 Å². The Morgan fingerprint density at radius 1 is 1.27 bits per heavy atom. The monoisotopic (exact) mass is 308 g/mol. The Hall–Kier alpha value is -2.44. The number of nitrogens with one attached hydrogen (secondary N) is 2. The topological polar surface area (TPSA) is 85.9 Å². The summed E-state index contributed by atoms with van der Waals surface area (Å²) in [5.74, 6) is 0.993. The number of carbonyl (C=O) groups is 2. The van der Waals surface area contributed by atoms with Crippen molar-refractivity contribution in [2.75, 3.05) is 19.2 Å². The van der Waals surface area contributed by atoms with E-state index in [-0.39, 0.29) is 12.7 Å². The highest BCUT2D eigenvalue weighted by molar-refractivity contribution is 5.92. The predicted molar refractivity (Wildman–Crippen MR) is 80.0 cm³/mol. The lowest BCUT2D eigenvalue weighted by molar-refractivity contribution is -0.143. The minimum absolute atomic E-state index is 0.170. The summed E-state index contributed by atoms with van der Waals surface area (Å²) < 4.78 is 15.1. The van der Waals surface area contributed by atoms with Crippen molar-refractivity contribution in [2.24, 2.45) is 5.92 Å². The van der Waals surface area contributed by atoms with E-state index >= 15 is 0 Å². The molecule has 120 valence electrons. The fourth-order valence-electron chi connectivity index (χ4n) is 2.13. The van der Waals surface area contributed by atoms with Crippen LogP contribution in [0.15, 0.2) is 18.2 Å². The number of hydrogen-bond acceptors (Lipinski definition) is 5. The number of esters is 1. The maximum Gasteiger partial charge on any atom is 0.328 e. The van der Waals surface area contributed by atoms with Gasteiger partial charge in [0.2, 0.25) is 6.79 Å². The number of urea groups is 1. The second-order valence-corrected chi connectivity index (χ2v) is 5.37. The van der Waals surface area contributed by atoms with Gasteiger partial charge in [-0.1, -0.05) is 13.8 Å². The summed E-state index contributed by atoms with van der Waals surface area (Å²) in [6.07, 6.45) is 0.501. The first-order valence-electron chi connectivity index (χ1n) is 7.04. The van der Waals surface area contributed by atoms with Crippen molar-refractivity contribution < 1.29 is 23.8 Å². The molecule has 0 saturated heterocycles. The molecule has 0 bridgehead atoms. The molecular formula is C15H20N2O5. The van der Waals surface area contributed by atoms with Crippen LogP contribution in [0.3, 0.4) is 0 Å². The summed E-state index contributed by atoms with van der Waals surface area (Å²) in [5.41, 5.74) is 0.551. The molecule has 2 N–H and O–H groups in total. The first kappa shape index (κ1) is 15.9. The van der Waals surface area contributed by atoms with E-state index in [1.54, 1.807) is 18.2 Å². The van der Waals surface area contributed by atoms with Gasteiger partial charge < -0.3 is 24.8 Å². The van der Waals surface area contributed by atoms with Gasteiger partial charge in [-0.25, -0.2) is 9.59 Å². The lowest BCUT2D eigenvalue weighted by atomic mass is 10.0. The van der Waals surface area contributed by atoms with Gasteiger partial charge in [-0.15, -0.1) is 0 Å². The minimum Gasteiger partial charge on any atom is -0.467 e. The summed E-state index contributed by atoms with van der Waals surface area (Å²) in [6.45, 7) is 4.10. The minimum atomic E-state index is -0.681. The molecule has 0 aromatic heterocycles. The van der Waals surface area contributed by atoms with E-state index in [1.807, 2.05) is 13.8 Å². The number of anilines is 1. The molecule has 1 aromatic rings. The van der Waals surface area contributed by atoms with Gasteiger partial charge in [0, 0.05) is 11.8 Å². The molecule has 1 heterocycles. The highest BCUT2D eigenvalue weighted by Gasteiger charge is 2.23. The van der Waals surface area contributed by atoms with Crippen LogP contribution < -0.4 is 20.1 Å². The number of hydrogen-bond donors (Lipinski definition) is 2. The molecule has 1 atom stereocenters. The Balaban J connectivity index is 1.97. The van der Waals surface area contributed by atoms with Crippen LogP contribution in [-0.2, 0) is 9.53 Å². The highest BCUT2D eigenvalue weighted by Crippen LogP contribution is 2.34. The first-order chi connectivity index (χ1) is 10.5. The summed E-state index contributed by atoms with van der Waals surface area (Å²) in [4.78, 5) is 23.7. The number of benzene rings is 1. The molecule has 1 aromatic carbocycles. The van der Waals surface area contributed by atoms with Crippen molar-refractivity contribution in [2.45, 2.75) is 26.3 Å². The van der Waals surface area contributed by atoms with Crippen molar-refractivity contribution >= 4 is 17.7 Å². The standard InChI is InChI=1S/C15H20N2O5/c1-9(2)6-11(14(18)20-3)17-15(19)16-10-4-5-12-13(7-10)22-8-21-12/h4-5,7,9,11H,6,8H2,1-3H3,(H2,16,17,19)/t11-/m0/s1. The molecule has 2 amide bonds. The van der Waals surface area contributed by atoms with Crippen molar-refractivity contribution in [3.8, 4) is 11.5 Å². The SMILES string of the molecule is COC(=O)[C@H](CC(C)C)NC(=O)Nc1ccc2c(c1)OCO2. The highest BCUT2D eigenvalue weighted by atomic mass is 16.7. The van der Waals surface area contributed by atoms with Crippen LogP contribution in [0, 0.1) is 5.92 Å². The van der Waals surface area contributed by atoms with Crippen LogP contribution in [0.2, 0.25) is 0 Å². The smallest absolute Gasteiger partial charge is 0.328 e. The predicted octanol–water partition coefficient (Wildman–Crippen LogP) is 2.12. The second kappa shape index (κ2) is 7.02. The van der Waals surface area contributed by atoms with Crippen LogP contribution in [0.1, 0.15) is 20.3 Å². The van der Waals surface area contributed by atoms with Crippen LogP contribution in [-0.4, -0.2) is 31.9 Å². The van der Waals surface area contributed by atoms with Gasteiger partial charge in [-0.05, 0) is 24.5 Å². The Kier molecular flexibility index (Phi) is 5.08. The zero-order chi connectivity index (χ0) is 16.1. The summed E-state index contributed by atoms with van der Waals surface area (Å²) >= 11 is 0. The molecule has 1 aliphatic heterocycles. The van der Waals surface area contributed by atoms with Gasteiger partial charge in [0.15, 0.2) is 11.5 Å². The maximum absolute atomic E-state index is 12.0. The van der Waals surface area contributed by atoms with E-state index in [1.165, 1.54) is 7.11 Å². The number of methoxy groups -OCH3 is 1. The van der Waals surface area contributed by atoms with E-state index in [0.29, 0.717) is 23.6 Å². The molecule has 0 spiro atoms. The fourth-order valence-corrected chi connectivity index (χ4v) is 2.13. The van der Waals surface area contributed by atoms with Crippen molar-refractivity contribution in [3.05, 3.63) is 18.2 Å². The average Bonchev–Trinajstić information content (AvgIpc) is 2.92. The molecule has 7 nitrogen and oxygen atoms in total. The van der Waals surface area contributed by atoms with Gasteiger partial charge in [0.05, 0.1) is 7.11 Å². The van der Waals surface area contributed by atoms with Gasteiger partial charge in [0.1, 0.15) is 6.04 Å². The third-order valence-electron chi connectivity index (χ3n) is 3.13. The molecule has 0 aliphatic carbocycles. The van der Waals surface area contributed by atoms with E-state index in [9.17, 15) is 9.59 Å². The molecule has 7 heteroatoms. The molecule has 0 fully saturated rings. The number of ether oxygens (including phenoxy) is 3. The zero-order valence-corrected chi connectivity index (χ0v) is 12.8. The molecule has 2 rings (SSSR count). The molecule has 0 unspecified atom stereocenters. The second-order valence-electron chi connectivity index (χ2n) is 5.37. The third-order valence-corrected chi connectivity index (χ3v) is 3.13. The summed E-state index contributed by atoms with van der Waals surface area (Å²) in [7, 11) is 1.30. The first-order valence-corrected chi connectivity index (χ1v) is 7.04. The molecule has 0 radical (unpaired) electrons. The lowest BCUT2D eigenvalue weighted by Crippen LogP contribution is -2.44. The molecular weight excluding hydrogens is 288 g/mol. The normalized spacial score (nSPS) is 13.6. The molecule has 1 aliphatic rings. The lowest BCUT2D eigenvalue weighted by Gasteiger charge is -2.18. The number of fused-ring (bicyclic) bond motifs is 1. The Morgan fingerprint density at radius 2 is 2.00 bits per heavy atom. The van der Waals surface area contributed by atoms with Crippen LogP contribution >= 0.6 is 0 Å². The number of rotatable bonds is 5. The van der Waals surface area contributed by atoms with E-state index in [0.717, 1.165) is 0 Å². The quantitative estimate of drug-likeness (QED) is 0.814. The largest absolute Gasteiger partial charge is 0.467 e. The van der Waals surface area contributed by atoms with Crippen LogP contribution in [0.25, 0.3) is 0 Å². The number of carbonyl (C=O) groups excluding carboxylic acids is 2. The van der Waals surface area contributed by atoms with Crippen LogP contribution in [0.5, 0.6) is 11.5 Å². The zero-order valence-electron chi connectivity index (χ0n) is 12.8. The Labute approximate surface area is 128 Å². The molecule has 0 saturated carbocycles. The molecule has 22 heavy (non-hydrogen) atoms. The van der Waals surface area contributed by atoms with E-state index in [4.69, 9.17) is 14.2 Å². The number of amides is 2. The fraction of sp³-hybridized carbons (Fsp3) is 0.467. The average molecular weight is 308 g/mol. The Morgan fingerprint density at radius 3 is 2.68 bits per heavy atom. The van der Waals surface area contributed by atoms with Gasteiger partial charge in [0.25, 0.3) is 0 Å².